The van der Waals surface area contributed by atoms with E-state index in [1.807, 2.05) is 20.8 Å². The Hall–Kier alpha value is -2.37. The molecule has 140 valence electrons. The van der Waals surface area contributed by atoms with Gasteiger partial charge in [0.25, 0.3) is 11.8 Å². The minimum Gasteiger partial charge on any atom is -0.335 e. The van der Waals surface area contributed by atoms with Crippen LogP contribution in [0, 0.1) is 0 Å². The fraction of sp³-hybridized carbons (Fsp3) is 0.550. The molecule has 0 atom stereocenters. The molecule has 1 aromatic rings. The fourth-order valence-corrected chi connectivity index (χ4v) is 3.70. The van der Waals surface area contributed by atoms with E-state index in [0.29, 0.717) is 16.8 Å². The van der Waals surface area contributed by atoms with Gasteiger partial charge in [0.1, 0.15) is 0 Å². The van der Waals surface area contributed by atoms with Gasteiger partial charge < -0.3 is 10.6 Å². The number of hydrogen-bond donors (Lipinski definition) is 2. The number of carbonyl (C=O) groups excluding carboxylic acids is 3. The van der Waals surface area contributed by atoms with E-state index in [2.05, 4.69) is 10.6 Å². The van der Waals surface area contributed by atoms with E-state index in [9.17, 15) is 14.4 Å². The van der Waals surface area contributed by atoms with Gasteiger partial charge in [0.2, 0.25) is 0 Å². The average molecular weight is 357 g/mol. The quantitative estimate of drug-likeness (QED) is 0.622. The Labute approximate surface area is 154 Å². The summed E-state index contributed by atoms with van der Waals surface area (Å²) in [7, 11) is 0. The maximum Gasteiger partial charge on any atom is 0.319 e. The summed E-state index contributed by atoms with van der Waals surface area (Å²) in [5, 5.41) is 5.81. The van der Waals surface area contributed by atoms with Gasteiger partial charge >= 0.3 is 6.03 Å². The second kappa shape index (κ2) is 7.09. The zero-order valence-corrected chi connectivity index (χ0v) is 15.7. The SMILES string of the molecule is CC(C)(C)N1C(=O)c2ccc(NC(=O)NC3CCCCCC3)cc2C1=O. The molecule has 4 amide bonds. The molecular weight excluding hydrogens is 330 g/mol. The van der Waals surface area contributed by atoms with Crippen molar-refractivity contribution in [2.24, 2.45) is 0 Å². The van der Waals surface area contributed by atoms with Crippen LogP contribution in [-0.4, -0.2) is 34.3 Å². The Morgan fingerprint density at radius 3 is 2.23 bits per heavy atom. The summed E-state index contributed by atoms with van der Waals surface area (Å²) in [5.74, 6) is -0.600. The minimum atomic E-state index is -0.586. The summed E-state index contributed by atoms with van der Waals surface area (Å²) in [6.07, 6.45) is 6.75. The van der Waals surface area contributed by atoms with Crippen LogP contribution in [0.5, 0.6) is 0 Å². The molecule has 0 bridgehead atoms. The first-order valence-corrected chi connectivity index (χ1v) is 9.38. The first kappa shape index (κ1) is 18.4. The molecule has 26 heavy (non-hydrogen) atoms. The summed E-state index contributed by atoms with van der Waals surface area (Å²) >= 11 is 0. The lowest BCUT2D eigenvalue weighted by Crippen LogP contribution is -2.45. The number of rotatable bonds is 2. The largest absolute Gasteiger partial charge is 0.335 e. The van der Waals surface area contributed by atoms with Gasteiger partial charge in [-0.15, -0.1) is 0 Å². The van der Waals surface area contributed by atoms with Gasteiger partial charge in [-0.05, 0) is 51.8 Å². The van der Waals surface area contributed by atoms with Gasteiger partial charge in [0, 0.05) is 17.3 Å². The predicted molar refractivity (Wildman–Crippen MR) is 100 cm³/mol. The summed E-state index contributed by atoms with van der Waals surface area (Å²) < 4.78 is 0. The highest BCUT2D eigenvalue weighted by atomic mass is 16.2. The molecule has 0 aromatic heterocycles. The van der Waals surface area contributed by atoms with Crippen LogP contribution in [0.1, 0.15) is 80.0 Å². The van der Waals surface area contributed by atoms with Crippen LogP contribution in [0.15, 0.2) is 18.2 Å². The maximum absolute atomic E-state index is 12.6. The number of hydrogen-bond acceptors (Lipinski definition) is 3. The number of nitrogens with one attached hydrogen (secondary N) is 2. The minimum absolute atomic E-state index is 0.200. The van der Waals surface area contributed by atoms with Crippen molar-refractivity contribution in [1.82, 2.24) is 10.2 Å². The number of nitrogens with zero attached hydrogens (tertiary/aromatic N) is 1. The van der Waals surface area contributed by atoms with Gasteiger partial charge in [-0.25, -0.2) is 4.79 Å². The highest BCUT2D eigenvalue weighted by Crippen LogP contribution is 2.31. The van der Waals surface area contributed by atoms with Gasteiger partial charge in [0.15, 0.2) is 0 Å². The normalized spacial score (nSPS) is 18.5. The zero-order valence-electron chi connectivity index (χ0n) is 15.7. The van der Waals surface area contributed by atoms with E-state index >= 15 is 0 Å². The zero-order chi connectivity index (χ0) is 18.9. The third-order valence-corrected chi connectivity index (χ3v) is 5.01. The van der Waals surface area contributed by atoms with E-state index in [0.717, 1.165) is 25.7 Å². The third kappa shape index (κ3) is 3.74. The van der Waals surface area contributed by atoms with Crippen molar-refractivity contribution < 1.29 is 14.4 Å². The van der Waals surface area contributed by atoms with Crippen molar-refractivity contribution in [1.29, 1.82) is 0 Å². The van der Waals surface area contributed by atoms with E-state index in [4.69, 9.17) is 0 Å². The van der Waals surface area contributed by atoms with E-state index < -0.39 is 5.54 Å². The van der Waals surface area contributed by atoms with E-state index in [1.165, 1.54) is 17.7 Å². The number of anilines is 1. The Kier molecular flexibility index (Phi) is 5.03. The molecule has 2 aliphatic rings. The topological polar surface area (TPSA) is 78.5 Å². The molecule has 1 heterocycles. The number of carbonyl (C=O) groups is 3. The van der Waals surface area contributed by atoms with Gasteiger partial charge in [-0.3, -0.25) is 14.5 Å². The lowest BCUT2D eigenvalue weighted by Gasteiger charge is -2.29. The molecule has 1 aliphatic heterocycles. The van der Waals surface area contributed by atoms with Crippen LogP contribution in [0.3, 0.4) is 0 Å². The standard InChI is InChI=1S/C20H27N3O3/c1-20(2,3)23-17(24)15-11-10-14(12-16(15)18(23)25)22-19(26)21-13-8-6-4-5-7-9-13/h10-13H,4-9H2,1-3H3,(H2,21,22,26). The van der Waals surface area contributed by atoms with E-state index in [1.54, 1.807) is 18.2 Å². The molecule has 6 nitrogen and oxygen atoms in total. The fourth-order valence-electron chi connectivity index (χ4n) is 3.70. The second-order valence-electron chi connectivity index (χ2n) is 8.16. The molecule has 0 radical (unpaired) electrons. The molecule has 0 spiro atoms. The number of urea groups is 1. The van der Waals surface area contributed by atoms with Crippen LogP contribution in [0.4, 0.5) is 10.5 Å². The molecule has 1 aromatic carbocycles. The van der Waals surface area contributed by atoms with Crippen molar-refractivity contribution in [3.63, 3.8) is 0 Å². The Morgan fingerprint density at radius 1 is 1.00 bits per heavy atom. The van der Waals surface area contributed by atoms with Gasteiger partial charge in [-0.1, -0.05) is 25.7 Å². The molecule has 1 fully saturated rings. The highest BCUT2D eigenvalue weighted by molar-refractivity contribution is 6.22. The predicted octanol–water partition coefficient (Wildman–Crippen LogP) is 3.93. The molecular formula is C20H27N3O3. The molecule has 6 heteroatoms. The summed E-state index contributed by atoms with van der Waals surface area (Å²) in [5.41, 5.74) is 0.668. The molecule has 2 N–H and O–H groups in total. The van der Waals surface area contributed by atoms with Crippen molar-refractivity contribution in [2.75, 3.05) is 5.32 Å². The summed E-state index contributed by atoms with van der Waals surface area (Å²) in [4.78, 5) is 38.7. The Bertz CT molecular complexity index is 728. The molecule has 1 aliphatic carbocycles. The lowest BCUT2D eigenvalue weighted by atomic mass is 10.1. The van der Waals surface area contributed by atoms with E-state index in [-0.39, 0.29) is 23.9 Å². The monoisotopic (exact) mass is 357 g/mol. The first-order chi connectivity index (χ1) is 12.3. The van der Waals surface area contributed by atoms with Crippen LogP contribution in [0.25, 0.3) is 0 Å². The summed E-state index contributed by atoms with van der Waals surface area (Å²) in [6.45, 7) is 5.48. The van der Waals surface area contributed by atoms with Crippen molar-refractivity contribution in [2.45, 2.75) is 70.9 Å². The lowest BCUT2D eigenvalue weighted by molar-refractivity contribution is 0.0507. The molecule has 3 rings (SSSR count). The first-order valence-electron chi connectivity index (χ1n) is 9.38. The van der Waals surface area contributed by atoms with Crippen molar-refractivity contribution >= 4 is 23.5 Å². The number of fused-ring (bicyclic) bond motifs is 1. The Morgan fingerprint density at radius 2 is 1.62 bits per heavy atom. The van der Waals surface area contributed by atoms with Crippen molar-refractivity contribution in [3.8, 4) is 0 Å². The number of benzene rings is 1. The Balaban J connectivity index is 1.70. The maximum atomic E-state index is 12.6. The third-order valence-electron chi connectivity index (χ3n) is 5.01. The number of amides is 4. The second-order valence-corrected chi connectivity index (χ2v) is 8.16. The summed E-state index contributed by atoms with van der Waals surface area (Å²) in [6, 6.07) is 4.81. The molecule has 0 unspecified atom stereocenters. The van der Waals surface area contributed by atoms with Gasteiger partial charge in [-0.2, -0.15) is 0 Å². The molecule has 1 saturated carbocycles. The molecule has 0 saturated heterocycles. The van der Waals surface area contributed by atoms with Crippen molar-refractivity contribution in [3.05, 3.63) is 29.3 Å². The van der Waals surface area contributed by atoms with Crippen LogP contribution in [0.2, 0.25) is 0 Å². The van der Waals surface area contributed by atoms with Crippen LogP contribution in [-0.2, 0) is 0 Å². The smallest absolute Gasteiger partial charge is 0.319 e. The van der Waals surface area contributed by atoms with Crippen LogP contribution < -0.4 is 10.6 Å². The number of imide groups is 1. The average Bonchev–Trinajstić information content (AvgIpc) is 2.71. The van der Waals surface area contributed by atoms with Gasteiger partial charge in [0.05, 0.1) is 11.1 Å². The van der Waals surface area contributed by atoms with Crippen LogP contribution >= 0.6 is 0 Å². The highest BCUT2D eigenvalue weighted by Gasteiger charge is 2.41.